The first-order valence-corrected chi connectivity index (χ1v) is 16.8. The number of nitrogens with zero attached hydrogens (tertiary/aromatic N) is 2. The number of fused-ring (bicyclic) bond motifs is 1. The number of hydrogen-bond acceptors (Lipinski definition) is 10. The van der Waals surface area contributed by atoms with E-state index in [1.807, 2.05) is 0 Å². The van der Waals surface area contributed by atoms with Gasteiger partial charge < -0.3 is 25.0 Å². The zero-order chi connectivity index (χ0) is 33.7. The van der Waals surface area contributed by atoms with E-state index in [0.29, 0.717) is 24.0 Å². The molecule has 3 N–H and O–H groups in total. The van der Waals surface area contributed by atoms with Gasteiger partial charge in [0.2, 0.25) is 21.8 Å². The minimum atomic E-state index is -3.93. The molecule has 5 aliphatic rings. The van der Waals surface area contributed by atoms with Gasteiger partial charge in [0.25, 0.3) is 11.8 Å². The van der Waals surface area contributed by atoms with Crippen molar-refractivity contribution in [3.05, 3.63) is 47.8 Å². The Hall–Kier alpha value is -4.54. The molecule has 5 atom stereocenters. The molecule has 3 heterocycles. The molecule has 0 radical (unpaired) electrons. The van der Waals surface area contributed by atoms with E-state index >= 15 is 0 Å². The van der Waals surface area contributed by atoms with Crippen molar-refractivity contribution in [2.24, 2.45) is 5.92 Å². The van der Waals surface area contributed by atoms with Crippen LogP contribution in [0.25, 0.3) is 0 Å². The number of amides is 5. The highest BCUT2D eigenvalue weighted by molar-refractivity contribution is 7.91. The molecule has 0 bridgehead atoms. The summed E-state index contributed by atoms with van der Waals surface area (Å²) in [6, 6.07) is 3.25. The van der Waals surface area contributed by atoms with Gasteiger partial charge in [0.15, 0.2) is 6.10 Å². The number of ether oxygens (including phenoxy) is 2. The zero-order valence-corrected chi connectivity index (χ0v) is 26.1. The van der Waals surface area contributed by atoms with E-state index in [9.17, 15) is 41.6 Å². The molecule has 3 aliphatic heterocycles. The van der Waals surface area contributed by atoms with Crippen molar-refractivity contribution < 1.29 is 51.0 Å². The second-order valence-electron chi connectivity index (χ2n) is 12.5. The number of benzene rings is 1. The van der Waals surface area contributed by atoms with E-state index in [4.69, 9.17) is 9.47 Å². The summed E-state index contributed by atoms with van der Waals surface area (Å²) in [5.41, 5.74) is -0.627. The number of rotatable bonds is 10. The Bertz CT molecular complexity index is 1670. The lowest BCUT2D eigenvalue weighted by Gasteiger charge is -2.26. The van der Waals surface area contributed by atoms with Crippen molar-refractivity contribution in [3.63, 3.8) is 0 Å². The fourth-order valence-corrected chi connectivity index (χ4v) is 7.61. The molecule has 3 unspecified atom stereocenters. The third-order valence-corrected chi connectivity index (χ3v) is 11.0. The predicted octanol–water partition coefficient (Wildman–Crippen LogP) is -0.261. The van der Waals surface area contributed by atoms with Gasteiger partial charge in [0, 0.05) is 37.3 Å². The van der Waals surface area contributed by atoms with Crippen LogP contribution in [0.15, 0.2) is 30.9 Å². The van der Waals surface area contributed by atoms with Gasteiger partial charge in [0.1, 0.15) is 23.5 Å². The molecule has 6 rings (SSSR count). The van der Waals surface area contributed by atoms with E-state index in [2.05, 4.69) is 21.9 Å². The maximum atomic E-state index is 14.3. The summed E-state index contributed by atoms with van der Waals surface area (Å²) in [6.45, 7) is 2.94. The molecule has 2 saturated carbocycles. The van der Waals surface area contributed by atoms with Crippen molar-refractivity contribution in [1.82, 2.24) is 25.2 Å². The summed E-state index contributed by atoms with van der Waals surface area (Å²) in [7, 11) is -3.93. The Morgan fingerprint density at radius 2 is 1.89 bits per heavy atom. The topological polar surface area (TPSA) is 198 Å². The zero-order valence-electron chi connectivity index (χ0n) is 25.2. The number of carbonyl (C=O) groups is 6. The molecular formula is C30H34FN5O10S. The van der Waals surface area contributed by atoms with Crippen LogP contribution in [0.1, 0.15) is 49.7 Å². The summed E-state index contributed by atoms with van der Waals surface area (Å²) in [5, 5.41) is 4.34. The van der Waals surface area contributed by atoms with Crippen molar-refractivity contribution in [2.75, 3.05) is 13.1 Å². The average molecular weight is 676 g/mol. The number of cyclic esters (lactones) is 1. The van der Waals surface area contributed by atoms with E-state index in [1.165, 1.54) is 23.1 Å². The molecule has 2 saturated heterocycles. The van der Waals surface area contributed by atoms with Gasteiger partial charge in [-0.1, -0.05) is 18.2 Å². The van der Waals surface area contributed by atoms with Gasteiger partial charge in [-0.05, 0) is 30.9 Å². The van der Waals surface area contributed by atoms with Crippen molar-refractivity contribution in [3.8, 4) is 0 Å². The molecule has 15 nitrogen and oxygen atoms in total. The summed E-state index contributed by atoms with van der Waals surface area (Å²) < 4.78 is 51.9. The highest BCUT2D eigenvalue weighted by Gasteiger charge is 2.62. The fraction of sp³-hybridized carbons (Fsp3) is 0.533. The number of halogens is 1. The SMILES string of the molecule is C=CC1CC1(NC(=O)[C@@H]1CC(OC(=O)N2Cc3cccc(F)c3C2)CN1C(=O)CNC(=O)[C@H]1CCC(=O)O1)C(=O)NS(=O)(=O)C1CC1. The fourth-order valence-electron chi connectivity index (χ4n) is 6.24. The van der Waals surface area contributed by atoms with Gasteiger partial charge in [0.05, 0.1) is 24.9 Å². The van der Waals surface area contributed by atoms with Crippen LogP contribution in [0.5, 0.6) is 0 Å². The number of hydrogen-bond donors (Lipinski definition) is 3. The maximum absolute atomic E-state index is 14.3. The third kappa shape index (κ3) is 6.53. The largest absolute Gasteiger partial charge is 0.452 e. The molecule has 1 aromatic rings. The molecule has 252 valence electrons. The first kappa shape index (κ1) is 32.4. The van der Waals surface area contributed by atoms with Crippen LogP contribution in [-0.2, 0) is 56.6 Å². The lowest BCUT2D eigenvalue weighted by atomic mass is 10.1. The molecule has 4 fully saturated rings. The molecule has 47 heavy (non-hydrogen) atoms. The molecular weight excluding hydrogens is 641 g/mol. The lowest BCUT2D eigenvalue weighted by Crippen LogP contribution is -2.57. The predicted molar refractivity (Wildman–Crippen MR) is 157 cm³/mol. The first-order chi connectivity index (χ1) is 22.3. The highest BCUT2D eigenvalue weighted by atomic mass is 32.2. The average Bonchev–Trinajstić information content (AvgIpc) is 3.85. The van der Waals surface area contributed by atoms with Gasteiger partial charge in [-0.2, -0.15) is 0 Å². The number of nitrogens with one attached hydrogen (secondary N) is 3. The number of sulfonamides is 1. The van der Waals surface area contributed by atoms with Crippen LogP contribution < -0.4 is 15.4 Å². The number of esters is 1. The van der Waals surface area contributed by atoms with E-state index in [1.54, 1.807) is 6.07 Å². The Morgan fingerprint density at radius 3 is 2.53 bits per heavy atom. The minimum Gasteiger partial charge on any atom is -0.452 e. The Balaban J connectivity index is 1.15. The van der Waals surface area contributed by atoms with Crippen LogP contribution in [0, 0.1) is 11.7 Å². The van der Waals surface area contributed by atoms with E-state index in [-0.39, 0.29) is 45.3 Å². The number of likely N-dealkylation sites (tertiary alicyclic amines) is 1. The summed E-state index contributed by atoms with van der Waals surface area (Å²) in [4.78, 5) is 79.6. The Labute approximate surface area is 269 Å². The van der Waals surface area contributed by atoms with Gasteiger partial charge in [-0.15, -0.1) is 6.58 Å². The molecule has 0 spiro atoms. The first-order valence-electron chi connectivity index (χ1n) is 15.3. The van der Waals surface area contributed by atoms with Gasteiger partial charge in [-0.3, -0.25) is 33.6 Å². The van der Waals surface area contributed by atoms with Crippen LogP contribution >= 0.6 is 0 Å². The number of carbonyl (C=O) groups excluding carboxylic acids is 6. The van der Waals surface area contributed by atoms with E-state index < -0.39 is 93.0 Å². The molecule has 1 aromatic carbocycles. The Morgan fingerprint density at radius 1 is 1.13 bits per heavy atom. The van der Waals surface area contributed by atoms with Crippen LogP contribution in [0.2, 0.25) is 0 Å². The summed E-state index contributed by atoms with van der Waals surface area (Å²) in [5.74, 6) is -4.70. The van der Waals surface area contributed by atoms with Crippen LogP contribution in [0.3, 0.4) is 0 Å². The summed E-state index contributed by atoms with van der Waals surface area (Å²) >= 11 is 0. The van der Waals surface area contributed by atoms with Crippen LogP contribution in [0.4, 0.5) is 9.18 Å². The van der Waals surface area contributed by atoms with Gasteiger partial charge >= 0.3 is 12.1 Å². The quantitative estimate of drug-likeness (QED) is 0.219. The highest BCUT2D eigenvalue weighted by Crippen LogP contribution is 2.45. The standard InChI is InChI=1S/C30H34FN5O10S/c1-2-17-11-30(17,28(41)34-47(43,44)19-6-7-19)33-26(39)22-10-18(45-29(42)35-13-16-4-3-5-21(31)20(16)15-35)14-36(22)24(37)12-32-27(40)23-8-9-25(38)46-23/h2-5,17-19,22-23H,1,6-15H2,(H,32,40)(H,33,39)(H,34,41)/t17?,18?,22-,23+,30?/m0/s1. The Kier molecular flexibility index (Phi) is 8.44. The molecule has 17 heteroatoms. The van der Waals surface area contributed by atoms with Crippen LogP contribution in [-0.4, -0.2) is 96.0 Å². The minimum absolute atomic E-state index is 0.0256. The molecule has 2 aliphatic carbocycles. The van der Waals surface area contributed by atoms with Gasteiger partial charge in [-0.25, -0.2) is 17.6 Å². The van der Waals surface area contributed by atoms with Crippen molar-refractivity contribution in [2.45, 2.75) is 80.7 Å². The smallest absolute Gasteiger partial charge is 0.410 e. The summed E-state index contributed by atoms with van der Waals surface area (Å²) in [6.07, 6.45) is -0.442. The normalized spacial score (nSPS) is 27.8. The second-order valence-corrected chi connectivity index (χ2v) is 14.4. The third-order valence-electron chi connectivity index (χ3n) is 9.18. The monoisotopic (exact) mass is 675 g/mol. The molecule has 5 amide bonds. The molecule has 0 aromatic heterocycles. The second kappa shape index (κ2) is 12.2. The van der Waals surface area contributed by atoms with Crippen molar-refractivity contribution in [1.29, 1.82) is 0 Å². The van der Waals surface area contributed by atoms with Crippen molar-refractivity contribution >= 4 is 45.7 Å². The maximum Gasteiger partial charge on any atom is 0.410 e. The van der Waals surface area contributed by atoms with E-state index in [0.717, 1.165) is 4.90 Å². The lowest BCUT2D eigenvalue weighted by molar-refractivity contribution is -0.148.